The van der Waals surface area contributed by atoms with Crippen LogP contribution in [0.15, 0.2) is 43.2 Å². The van der Waals surface area contributed by atoms with Crippen molar-refractivity contribution in [2.45, 2.75) is 31.4 Å². The smallest absolute Gasteiger partial charge is 0.326 e. The van der Waals surface area contributed by atoms with Gasteiger partial charge in [-0.15, -0.1) is 0 Å². The molecule has 2 heterocycles. The zero-order chi connectivity index (χ0) is 26.9. The Morgan fingerprint density at radius 1 is 1.30 bits per heavy atom. The fourth-order valence-electron chi connectivity index (χ4n) is 4.25. The summed E-state index contributed by atoms with van der Waals surface area (Å²) in [5, 5.41) is 12.3. The van der Waals surface area contributed by atoms with E-state index in [1.807, 2.05) is 0 Å². The molecule has 1 amide bonds. The minimum atomic E-state index is -1.16. The number of halogens is 3. The average molecular weight is 533 g/mol. The SMILES string of the molecule is C=CC(=O)N1CC[C@](C)(Oc2cc3c(Nc4ccc(F)c(Cl)c4F)ncnc3cc2OC)C[C@H]1C(=O)O. The number of aliphatic carboxylic acids is 1. The molecule has 1 saturated heterocycles. The lowest BCUT2D eigenvalue weighted by atomic mass is 9.87. The van der Waals surface area contributed by atoms with Crippen LogP contribution in [0.3, 0.4) is 0 Å². The van der Waals surface area contributed by atoms with Gasteiger partial charge in [-0.1, -0.05) is 18.2 Å². The van der Waals surface area contributed by atoms with Crippen molar-refractivity contribution in [3.63, 3.8) is 0 Å². The predicted octanol–water partition coefficient (Wildman–Crippen LogP) is 4.71. The number of carbonyl (C=O) groups excluding carboxylic acids is 1. The third kappa shape index (κ3) is 5.12. The Morgan fingerprint density at radius 3 is 2.73 bits per heavy atom. The monoisotopic (exact) mass is 532 g/mol. The second-order valence-electron chi connectivity index (χ2n) is 8.69. The first-order valence-corrected chi connectivity index (χ1v) is 11.5. The number of hydrogen-bond acceptors (Lipinski definition) is 7. The molecular weight excluding hydrogens is 510 g/mol. The molecule has 0 unspecified atom stereocenters. The van der Waals surface area contributed by atoms with Crippen LogP contribution in [0.5, 0.6) is 11.5 Å². The van der Waals surface area contributed by atoms with Crippen molar-refractivity contribution in [2.75, 3.05) is 19.0 Å². The summed E-state index contributed by atoms with van der Waals surface area (Å²) < 4.78 is 39.9. The standard InChI is InChI=1S/C25H23ClF2N4O5/c1-4-20(33)32-8-7-25(2,11-17(32)24(34)35)37-19-9-13-16(10-18(19)36-3)29-12-30-23(13)31-15-6-5-14(27)21(26)22(15)28/h4-6,9-10,12,17H,1,7-8,11H2,2-3H3,(H,34,35)(H,29,30,31)/t17-,25-/m0/s1. The maximum atomic E-state index is 14.5. The number of benzene rings is 2. The highest BCUT2D eigenvalue weighted by molar-refractivity contribution is 6.31. The lowest BCUT2D eigenvalue weighted by Crippen LogP contribution is -2.56. The van der Waals surface area contributed by atoms with Crippen molar-refractivity contribution in [3.05, 3.63) is 59.9 Å². The quantitative estimate of drug-likeness (QED) is 0.332. The van der Waals surface area contributed by atoms with E-state index in [1.165, 1.54) is 24.4 Å². The van der Waals surface area contributed by atoms with Gasteiger partial charge in [0.05, 0.1) is 18.3 Å². The normalized spacial score (nSPS) is 19.4. The van der Waals surface area contributed by atoms with Gasteiger partial charge in [0.15, 0.2) is 17.3 Å². The topological polar surface area (TPSA) is 114 Å². The zero-order valence-electron chi connectivity index (χ0n) is 19.9. The lowest BCUT2D eigenvalue weighted by molar-refractivity contribution is -0.154. The first-order chi connectivity index (χ1) is 17.6. The Morgan fingerprint density at radius 2 is 2.05 bits per heavy atom. The number of hydrogen-bond donors (Lipinski definition) is 2. The van der Waals surface area contributed by atoms with Crippen molar-refractivity contribution in [1.82, 2.24) is 14.9 Å². The van der Waals surface area contributed by atoms with Crippen LogP contribution in [-0.2, 0) is 9.59 Å². The summed E-state index contributed by atoms with van der Waals surface area (Å²) in [7, 11) is 1.44. The summed E-state index contributed by atoms with van der Waals surface area (Å²) in [6.07, 6.45) is 2.70. The fourth-order valence-corrected chi connectivity index (χ4v) is 4.41. The molecule has 1 aliphatic heterocycles. The largest absolute Gasteiger partial charge is 0.493 e. The van der Waals surface area contributed by atoms with Crippen LogP contribution in [0.4, 0.5) is 20.3 Å². The first-order valence-electron chi connectivity index (χ1n) is 11.1. The number of likely N-dealkylation sites (tertiary alicyclic amines) is 1. The minimum Gasteiger partial charge on any atom is -0.493 e. The molecule has 9 nitrogen and oxygen atoms in total. The molecule has 0 bridgehead atoms. The second-order valence-corrected chi connectivity index (χ2v) is 9.06. The third-order valence-corrected chi connectivity index (χ3v) is 6.54. The van der Waals surface area contributed by atoms with Gasteiger partial charge in [0.2, 0.25) is 5.91 Å². The number of carboxylic acids is 1. The number of carbonyl (C=O) groups is 2. The highest BCUT2D eigenvalue weighted by atomic mass is 35.5. The van der Waals surface area contributed by atoms with Crippen molar-refractivity contribution < 1.29 is 33.0 Å². The van der Waals surface area contributed by atoms with E-state index in [9.17, 15) is 23.5 Å². The van der Waals surface area contributed by atoms with Gasteiger partial charge in [-0.25, -0.2) is 23.5 Å². The molecule has 2 N–H and O–H groups in total. The number of piperidine rings is 1. The molecule has 2 aromatic carbocycles. The van der Waals surface area contributed by atoms with Gasteiger partial charge in [0, 0.05) is 30.8 Å². The van der Waals surface area contributed by atoms with E-state index in [-0.39, 0.29) is 30.2 Å². The van der Waals surface area contributed by atoms with Crippen LogP contribution in [0.25, 0.3) is 10.9 Å². The van der Waals surface area contributed by atoms with Crippen LogP contribution < -0.4 is 14.8 Å². The number of carboxylic acid groups (broad SMARTS) is 1. The maximum Gasteiger partial charge on any atom is 0.326 e. The van der Waals surface area contributed by atoms with Crippen molar-refractivity contribution in [3.8, 4) is 11.5 Å². The molecule has 1 aliphatic rings. The fraction of sp³-hybridized carbons (Fsp3) is 0.280. The lowest BCUT2D eigenvalue weighted by Gasteiger charge is -2.43. The second kappa shape index (κ2) is 10.2. The van der Waals surface area contributed by atoms with Crippen LogP contribution in [0, 0.1) is 11.6 Å². The van der Waals surface area contributed by atoms with E-state index in [4.69, 9.17) is 21.1 Å². The van der Waals surface area contributed by atoms with Gasteiger partial charge >= 0.3 is 5.97 Å². The Kier molecular flexibility index (Phi) is 7.17. The molecule has 0 aliphatic carbocycles. The molecule has 1 fully saturated rings. The van der Waals surface area contributed by atoms with Gasteiger partial charge in [0.1, 0.15) is 34.6 Å². The number of nitrogens with one attached hydrogen (secondary N) is 1. The van der Waals surface area contributed by atoms with E-state index in [0.29, 0.717) is 23.1 Å². The van der Waals surface area contributed by atoms with Crippen molar-refractivity contribution in [2.24, 2.45) is 0 Å². The van der Waals surface area contributed by atoms with Crippen molar-refractivity contribution >= 4 is 45.9 Å². The van der Waals surface area contributed by atoms with E-state index in [1.54, 1.807) is 19.1 Å². The number of rotatable bonds is 7. The average Bonchev–Trinajstić information content (AvgIpc) is 2.88. The van der Waals surface area contributed by atoms with Gasteiger partial charge in [-0.3, -0.25) is 4.79 Å². The summed E-state index contributed by atoms with van der Waals surface area (Å²) in [6.45, 7) is 5.34. The molecule has 0 spiro atoms. The molecule has 12 heteroatoms. The van der Waals surface area contributed by atoms with Gasteiger partial charge in [-0.2, -0.15) is 0 Å². The summed E-state index contributed by atoms with van der Waals surface area (Å²) in [5.41, 5.74) is -0.627. The molecule has 0 saturated carbocycles. The molecular formula is C25H23ClF2N4O5. The molecule has 194 valence electrons. The van der Waals surface area contributed by atoms with Gasteiger partial charge in [0.25, 0.3) is 0 Å². The Hall–Kier alpha value is -3.99. The van der Waals surface area contributed by atoms with Crippen LogP contribution in [-0.4, -0.2) is 57.1 Å². The third-order valence-electron chi connectivity index (χ3n) is 6.19. The molecule has 3 aromatic rings. The molecule has 37 heavy (non-hydrogen) atoms. The number of fused-ring (bicyclic) bond motifs is 1. The molecule has 2 atom stereocenters. The number of nitrogens with zero attached hydrogens (tertiary/aromatic N) is 3. The van der Waals surface area contributed by atoms with Crippen LogP contribution in [0.2, 0.25) is 5.02 Å². The first kappa shape index (κ1) is 26.1. The maximum absolute atomic E-state index is 14.5. The number of ether oxygens (including phenoxy) is 2. The van der Waals surface area contributed by atoms with E-state index in [2.05, 4.69) is 21.9 Å². The number of aromatic nitrogens is 2. The summed E-state index contributed by atoms with van der Waals surface area (Å²) in [5.74, 6) is -2.72. The van der Waals surface area contributed by atoms with Gasteiger partial charge in [-0.05, 0) is 31.2 Å². The Bertz CT molecular complexity index is 1410. The Labute approximate surface area is 215 Å². The van der Waals surface area contributed by atoms with Crippen LogP contribution >= 0.6 is 11.6 Å². The van der Waals surface area contributed by atoms with E-state index in [0.717, 1.165) is 12.1 Å². The molecule has 4 rings (SSSR count). The number of methoxy groups -OCH3 is 1. The summed E-state index contributed by atoms with van der Waals surface area (Å²) >= 11 is 5.70. The number of anilines is 2. The Balaban J connectivity index is 1.70. The summed E-state index contributed by atoms with van der Waals surface area (Å²) in [4.78, 5) is 33.7. The molecule has 0 radical (unpaired) electrons. The summed E-state index contributed by atoms with van der Waals surface area (Å²) in [6, 6.07) is 4.29. The minimum absolute atomic E-state index is 0.0127. The van der Waals surface area contributed by atoms with E-state index < -0.39 is 40.2 Å². The van der Waals surface area contributed by atoms with Crippen molar-refractivity contribution in [1.29, 1.82) is 0 Å². The highest BCUT2D eigenvalue weighted by Gasteiger charge is 2.43. The van der Waals surface area contributed by atoms with Gasteiger partial charge < -0.3 is 24.8 Å². The van der Waals surface area contributed by atoms with Crippen LogP contribution in [0.1, 0.15) is 19.8 Å². The predicted molar refractivity (Wildman–Crippen MR) is 132 cm³/mol. The van der Waals surface area contributed by atoms with E-state index >= 15 is 0 Å². The zero-order valence-corrected chi connectivity index (χ0v) is 20.7. The highest BCUT2D eigenvalue weighted by Crippen LogP contribution is 2.40. The number of amides is 1. The molecule has 1 aromatic heterocycles.